The van der Waals surface area contributed by atoms with Crippen LogP contribution in [0.3, 0.4) is 0 Å². The SMILES string of the molecule is CC1CN(C(=O)c2cc(C(=O)O)ccn2)C(C)(C)C1. The third-order valence-electron chi connectivity index (χ3n) is 3.54. The van der Waals surface area contributed by atoms with Crippen molar-refractivity contribution in [1.82, 2.24) is 9.88 Å². The molecule has 0 saturated carbocycles. The lowest BCUT2D eigenvalue weighted by molar-refractivity contribution is 0.0644. The molecule has 0 spiro atoms. The largest absolute Gasteiger partial charge is 0.478 e. The quantitative estimate of drug-likeness (QED) is 0.885. The third-order valence-corrected chi connectivity index (χ3v) is 3.54. The zero-order valence-electron chi connectivity index (χ0n) is 11.4. The number of carbonyl (C=O) groups is 2. The number of hydrogen-bond donors (Lipinski definition) is 1. The molecule has 1 aromatic rings. The van der Waals surface area contributed by atoms with Gasteiger partial charge in [0.15, 0.2) is 0 Å². The first-order chi connectivity index (χ1) is 8.81. The van der Waals surface area contributed by atoms with Crippen LogP contribution in [0.1, 0.15) is 48.0 Å². The lowest BCUT2D eigenvalue weighted by atomic mass is 9.97. The van der Waals surface area contributed by atoms with Crippen molar-refractivity contribution in [3.8, 4) is 0 Å². The molecular formula is C14H18N2O3. The zero-order valence-corrected chi connectivity index (χ0v) is 11.4. The summed E-state index contributed by atoms with van der Waals surface area (Å²) in [4.78, 5) is 29.2. The molecule has 1 atom stereocenters. The maximum absolute atomic E-state index is 12.5. The van der Waals surface area contributed by atoms with E-state index in [1.54, 1.807) is 4.90 Å². The van der Waals surface area contributed by atoms with Crippen LogP contribution in [0.25, 0.3) is 0 Å². The fraction of sp³-hybridized carbons (Fsp3) is 0.500. The van der Waals surface area contributed by atoms with E-state index in [1.807, 2.05) is 13.8 Å². The maximum Gasteiger partial charge on any atom is 0.335 e. The highest BCUT2D eigenvalue weighted by Gasteiger charge is 2.40. The lowest BCUT2D eigenvalue weighted by Crippen LogP contribution is -2.43. The van der Waals surface area contributed by atoms with Crippen molar-refractivity contribution >= 4 is 11.9 Å². The number of carboxylic acid groups (broad SMARTS) is 1. The summed E-state index contributed by atoms with van der Waals surface area (Å²) in [5.74, 6) is -0.801. The molecule has 0 aromatic carbocycles. The van der Waals surface area contributed by atoms with Crippen molar-refractivity contribution in [2.75, 3.05) is 6.54 Å². The van der Waals surface area contributed by atoms with Crippen molar-refractivity contribution in [3.63, 3.8) is 0 Å². The Kier molecular flexibility index (Phi) is 3.30. The number of likely N-dealkylation sites (tertiary alicyclic amines) is 1. The van der Waals surface area contributed by atoms with E-state index in [0.29, 0.717) is 12.5 Å². The van der Waals surface area contributed by atoms with Crippen molar-refractivity contribution in [1.29, 1.82) is 0 Å². The van der Waals surface area contributed by atoms with Gasteiger partial charge in [-0.15, -0.1) is 0 Å². The summed E-state index contributed by atoms with van der Waals surface area (Å²) in [7, 11) is 0. The molecule has 0 radical (unpaired) electrons. The van der Waals surface area contributed by atoms with Crippen LogP contribution in [0, 0.1) is 5.92 Å². The minimum absolute atomic E-state index is 0.0865. The second-order valence-electron chi connectivity index (χ2n) is 5.77. The topological polar surface area (TPSA) is 70.5 Å². The van der Waals surface area contributed by atoms with Crippen LogP contribution in [0.4, 0.5) is 0 Å². The van der Waals surface area contributed by atoms with E-state index < -0.39 is 5.97 Å². The van der Waals surface area contributed by atoms with Gasteiger partial charge in [-0.25, -0.2) is 4.79 Å². The average molecular weight is 262 g/mol. The first kappa shape index (κ1) is 13.5. The number of hydrogen-bond acceptors (Lipinski definition) is 3. The third kappa shape index (κ3) is 2.59. The number of nitrogens with zero attached hydrogens (tertiary/aromatic N) is 2. The smallest absolute Gasteiger partial charge is 0.335 e. The monoisotopic (exact) mass is 262 g/mol. The molecule has 5 heteroatoms. The van der Waals surface area contributed by atoms with Crippen LogP contribution in [-0.2, 0) is 0 Å². The predicted molar refractivity (Wildman–Crippen MR) is 70.1 cm³/mol. The van der Waals surface area contributed by atoms with E-state index in [2.05, 4.69) is 11.9 Å². The van der Waals surface area contributed by atoms with E-state index in [-0.39, 0.29) is 22.7 Å². The first-order valence-corrected chi connectivity index (χ1v) is 6.32. The van der Waals surface area contributed by atoms with Crippen molar-refractivity contribution in [3.05, 3.63) is 29.6 Å². The van der Waals surface area contributed by atoms with Gasteiger partial charge in [-0.2, -0.15) is 0 Å². The maximum atomic E-state index is 12.5. The molecule has 1 aromatic heterocycles. The van der Waals surface area contributed by atoms with E-state index in [1.165, 1.54) is 18.3 Å². The normalized spacial score (nSPS) is 21.4. The minimum Gasteiger partial charge on any atom is -0.478 e. The van der Waals surface area contributed by atoms with Crippen LogP contribution in [-0.4, -0.2) is 39.0 Å². The van der Waals surface area contributed by atoms with Gasteiger partial charge in [0.25, 0.3) is 5.91 Å². The Hall–Kier alpha value is -1.91. The van der Waals surface area contributed by atoms with E-state index in [4.69, 9.17) is 5.11 Å². The van der Waals surface area contributed by atoms with E-state index in [9.17, 15) is 9.59 Å². The summed E-state index contributed by atoms with van der Waals surface area (Å²) in [6, 6.07) is 2.72. The molecule has 1 aliphatic rings. The van der Waals surface area contributed by atoms with Crippen LogP contribution < -0.4 is 0 Å². The van der Waals surface area contributed by atoms with Gasteiger partial charge in [-0.05, 0) is 38.3 Å². The van der Waals surface area contributed by atoms with E-state index >= 15 is 0 Å². The van der Waals surface area contributed by atoms with Crippen molar-refractivity contribution < 1.29 is 14.7 Å². The number of carboxylic acids is 1. The number of amides is 1. The number of rotatable bonds is 2. The molecule has 2 heterocycles. The number of carbonyl (C=O) groups excluding carboxylic acids is 1. The van der Waals surface area contributed by atoms with Crippen LogP contribution >= 0.6 is 0 Å². The fourth-order valence-electron chi connectivity index (χ4n) is 2.76. The average Bonchev–Trinajstić information content (AvgIpc) is 2.61. The van der Waals surface area contributed by atoms with Gasteiger partial charge in [-0.3, -0.25) is 9.78 Å². The Morgan fingerprint density at radius 3 is 2.68 bits per heavy atom. The summed E-state index contributed by atoms with van der Waals surface area (Å²) in [6.45, 7) is 6.84. The zero-order chi connectivity index (χ0) is 14.2. The Balaban J connectivity index is 2.30. The molecule has 102 valence electrons. The van der Waals surface area contributed by atoms with Gasteiger partial charge in [0.05, 0.1) is 5.56 Å². The van der Waals surface area contributed by atoms with Gasteiger partial charge in [0, 0.05) is 18.3 Å². The summed E-state index contributed by atoms with van der Waals surface area (Å²) in [5, 5.41) is 8.95. The Bertz CT molecular complexity index is 525. The minimum atomic E-state index is -1.05. The standard InChI is InChI=1S/C14H18N2O3/c1-9-7-14(2,3)16(8-9)12(17)11-6-10(13(18)19)4-5-15-11/h4-6,9H,7-8H2,1-3H3,(H,18,19). The molecule has 1 aliphatic heterocycles. The van der Waals surface area contributed by atoms with E-state index in [0.717, 1.165) is 6.42 Å². The van der Waals surface area contributed by atoms with Gasteiger partial charge in [0.2, 0.25) is 0 Å². The lowest BCUT2D eigenvalue weighted by Gasteiger charge is -2.31. The first-order valence-electron chi connectivity index (χ1n) is 6.32. The van der Waals surface area contributed by atoms with Gasteiger partial charge >= 0.3 is 5.97 Å². The van der Waals surface area contributed by atoms with Gasteiger partial charge in [0.1, 0.15) is 5.69 Å². The summed E-state index contributed by atoms with van der Waals surface area (Å²) < 4.78 is 0. The summed E-state index contributed by atoms with van der Waals surface area (Å²) in [5.41, 5.74) is 0.0719. The number of aromatic nitrogens is 1. The number of aromatic carboxylic acids is 1. The van der Waals surface area contributed by atoms with Gasteiger partial charge in [-0.1, -0.05) is 6.92 Å². The second-order valence-corrected chi connectivity index (χ2v) is 5.77. The molecule has 1 fully saturated rings. The molecule has 19 heavy (non-hydrogen) atoms. The molecule has 1 unspecified atom stereocenters. The molecule has 1 N–H and O–H groups in total. The fourth-order valence-corrected chi connectivity index (χ4v) is 2.76. The van der Waals surface area contributed by atoms with Crippen molar-refractivity contribution in [2.45, 2.75) is 32.7 Å². The molecule has 2 rings (SSSR count). The Labute approximate surface area is 112 Å². The molecule has 5 nitrogen and oxygen atoms in total. The highest BCUT2D eigenvalue weighted by molar-refractivity contribution is 5.96. The Morgan fingerprint density at radius 1 is 1.47 bits per heavy atom. The second kappa shape index (κ2) is 4.64. The Morgan fingerprint density at radius 2 is 2.16 bits per heavy atom. The molecule has 0 bridgehead atoms. The molecular weight excluding hydrogens is 244 g/mol. The predicted octanol–water partition coefficient (Wildman–Crippen LogP) is 2.04. The summed E-state index contributed by atoms with van der Waals surface area (Å²) in [6.07, 6.45) is 2.31. The van der Waals surface area contributed by atoms with Crippen LogP contribution in [0.15, 0.2) is 18.3 Å². The van der Waals surface area contributed by atoms with Crippen LogP contribution in [0.5, 0.6) is 0 Å². The molecule has 0 aliphatic carbocycles. The highest BCUT2D eigenvalue weighted by atomic mass is 16.4. The molecule has 1 saturated heterocycles. The summed E-state index contributed by atoms with van der Waals surface area (Å²) >= 11 is 0. The molecule has 1 amide bonds. The van der Waals surface area contributed by atoms with Gasteiger partial charge < -0.3 is 10.0 Å². The van der Waals surface area contributed by atoms with Crippen molar-refractivity contribution in [2.24, 2.45) is 5.92 Å². The highest BCUT2D eigenvalue weighted by Crippen LogP contribution is 2.33. The van der Waals surface area contributed by atoms with Crippen LogP contribution in [0.2, 0.25) is 0 Å². The number of pyridine rings is 1.